The van der Waals surface area contributed by atoms with Crippen LogP contribution in [0.5, 0.6) is 5.75 Å². The van der Waals surface area contributed by atoms with E-state index < -0.39 is 0 Å². The van der Waals surface area contributed by atoms with Crippen LogP contribution >= 0.6 is 11.3 Å². The number of carbonyl (C=O) groups is 1. The second-order valence-electron chi connectivity index (χ2n) is 4.27. The summed E-state index contributed by atoms with van der Waals surface area (Å²) in [6, 6.07) is 3.74. The topological polar surface area (TPSA) is 65.2 Å². The van der Waals surface area contributed by atoms with Gasteiger partial charge in [0, 0.05) is 10.9 Å². The van der Waals surface area contributed by atoms with Crippen LogP contribution in [0.4, 0.5) is 5.13 Å². The molecule has 0 spiro atoms. The fourth-order valence-corrected chi connectivity index (χ4v) is 2.42. The van der Waals surface area contributed by atoms with Gasteiger partial charge >= 0.3 is 0 Å². The summed E-state index contributed by atoms with van der Waals surface area (Å²) in [5.41, 5.74) is 8.43. The predicted octanol–water partition coefficient (Wildman–Crippen LogP) is 2.97. The summed E-state index contributed by atoms with van der Waals surface area (Å²) in [6.45, 7) is 6.36. The van der Waals surface area contributed by atoms with E-state index in [0.29, 0.717) is 23.0 Å². The van der Waals surface area contributed by atoms with Crippen LogP contribution in [0.3, 0.4) is 0 Å². The van der Waals surface area contributed by atoms with E-state index in [0.717, 1.165) is 16.9 Å². The lowest BCUT2D eigenvalue weighted by Crippen LogP contribution is -2.06. The molecule has 1 aromatic heterocycles. The Bertz CT molecular complexity index is 620. The summed E-state index contributed by atoms with van der Waals surface area (Å²) >= 11 is 1.27. The first-order chi connectivity index (χ1) is 9.02. The molecule has 2 N–H and O–H groups in total. The zero-order valence-corrected chi connectivity index (χ0v) is 12.0. The molecule has 0 aliphatic rings. The summed E-state index contributed by atoms with van der Waals surface area (Å²) < 4.78 is 5.52. The van der Waals surface area contributed by atoms with E-state index in [1.807, 2.05) is 32.9 Å². The maximum absolute atomic E-state index is 12.3. The minimum Gasteiger partial charge on any atom is -0.494 e. The number of anilines is 1. The van der Waals surface area contributed by atoms with Crippen LogP contribution in [0.1, 0.15) is 34.1 Å². The number of nitrogen functional groups attached to an aromatic ring is 1. The number of aromatic nitrogens is 1. The Hall–Kier alpha value is -1.88. The van der Waals surface area contributed by atoms with Crippen molar-refractivity contribution >= 4 is 22.3 Å². The molecule has 0 saturated heterocycles. The fraction of sp³-hybridized carbons (Fsp3) is 0.286. The molecule has 1 heterocycles. The number of rotatable bonds is 4. The van der Waals surface area contributed by atoms with Crippen LogP contribution < -0.4 is 10.5 Å². The standard InChI is InChI=1S/C14H16N2O2S/c1-4-18-12-6-8(2)10(5-9(12)3)13(17)11-7-19-14(15)16-11/h5-7H,4H2,1-3H3,(H2,15,16). The Morgan fingerprint density at radius 1 is 1.37 bits per heavy atom. The minimum absolute atomic E-state index is 0.100. The smallest absolute Gasteiger partial charge is 0.212 e. The van der Waals surface area contributed by atoms with Gasteiger partial charge in [-0.05, 0) is 44.0 Å². The summed E-state index contributed by atoms with van der Waals surface area (Å²) in [5, 5.41) is 2.09. The molecule has 19 heavy (non-hydrogen) atoms. The molecule has 0 aliphatic heterocycles. The van der Waals surface area contributed by atoms with Crippen LogP contribution in [-0.2, 0) is 0 Å². The molecule has 2 rings (SSSR count). The monoisotopic (exact) mass is 276 g/mol. The van der Waals surface area contributed by atoms with Crippen LogP contribution in [0.25, 0.3) is 0 Å². The SMILES string of the molecule is CCOc1cc(C)c(C(=O)c2csc(N)n2)cc1C. The molecule has 0 aliphatic carbocycles. The highest BCUT2D eigenvalue weighted by atomic mass is 32.1. The predicted molar refractivity (Wildman–Crippen MR) is 77.0 cm³/mol. The second kappa shape index (κ2) is 5.40. The van der Waals surface area contributed by atoms with Gasteiger partial charge in [0.2, 0.25) is 5.78 Å². The number of ether oxygens (including phenoxy) is 1. The summed E-state index contributed by atoms with van der Waals surface area (Å²) in [7, 11) is 0. The Morgan fingerprint density at radius 3 is 2.68 bits per heavy atom. The van der Waals surface area contributed by atoms with Gasteiger partial charge in [-0.2, -0.15) is 0 Å². The molecule has 100 valence electrons. The van der Waals surface area contributed by atoms with Crippen molar-refractivity contribution in [1.29, 1.82) is 0 Å². The molecule has 0 fully saturated rings. The van der Waals surface area contributed by atoms with Gasteiger partial charge in [0.15, 0.2) is 5.13 Å². The van der Waals surface area contributed by atoms with E-state index >= 15 is 0 Å². The number of ketones is 1. The third-order valence-corrected chi connectivity index (χ3v) is 3.49. The normalized spacial score (nSPS) is 10.5. The lowest BCUT2D eigenvalue weighted by atomic mass is 10.00. The van der Waals surface area contributed by atoms with Crippen molar-refractivity contribution in [3.05, 3.63) is 39.9 Å². The third kappa shape index (κ3) is 2.76. The van der Waals surface area contributed by atoms with E-state index in [1.165, 1.54) is 11.3 Å². The van der Waals surface area contributed by atoms with Crippen molar-refractivity contribution in [1.82, 2.24) is 4.98 Å². The maximum Gasteiger partial charge on any atom is 0.212 e. The van der Waals surface area contributed by atoms with Gasteiger partial charge in [-0.15, -0.1) is 11.3 Å². The molecule has 0 amide bonds. The van der Waals surface area contributed by atoms with Crippen molar-refractivity contribution in [2.75, 3.05) is 12.3 Å². The summed E-state index contributed by atoms with van der Waals surface area (Å²) in [4.78, 5) is 16.4. The first-order valence-electron chi connectivity index (χ1n) is 6.02. The molecule has 5 heteroatoms. The Balaban J connectivity index is 2.40. The maximum atomic E-state index is 12.3. The molecule has 0 saturated carbocycles. The summed E-state index contributed by atoms with van der Waals surface area (Å²) in [5.74, 6) is 0.714. The highest BCUT2D eigenvalue weighted by molar-refractivity contribution is 7.13. The zero-order valence-electron chi connectivity index (χ0n) is 11.2. The Labute approximate surface area is 116 Å². The van der Waals surface area contributed by atoms with Gasteiger partial charge in [-0.1, -0.05) is 0 Å². The van der Waals surface area contributed by atoms with Crippen LogP contribution in [0.2, 0.25) is 0 Å². The third-order valence-electron chi connectivity index (χ3n) is 2.82. The molecular formula is C14H16N2O2S. The van der Waals surface area contributed by atoms with E-state index in [9.17, 15) is 4.79 Å². The first-order valence-corrected chi connectivity index (χ1v) is 6.90. The number of carbonyl (C=O) groups excluding carboxylic acids is 1. The number of thiazole rings is 1. The fourth-order valence-electron chi connectivity index (χ4n) is 1.88. The van der Waals surface area contributed by atoms with Gasteiger partial charge < -0.3 is 10.5 Å². The number of nitrogens with two attached hydrogens (primary N) is 1. The quantitative estimate of drug-likeness (QED) is 0.872. The number of hydrogen-bond donors (Lipinski definition) is 1. The average Bonchev–Trinajstić information content (AvgIpc) is 2.79. The molecule has 0 bridgehead atoms. The zero-order chi connectivity index (χ0) is 14.0. The lowest BCUT2D eigenvalue weighted by molar-refractivity contribution is 0.103. The van der Waals surface area contributed by atoms with Crippen molar-refractivity contribution in [3.63, 3.8) is 0 Å². The molecule has 4 nitrogen and oxygen atoms in total. The molecule has 0 atom stereocenters. The Morgan fingerprint density at radius 2 is 2.11 bits per heavy atom. The van der Waals surface area contributed by atoms with Crippen LogP contribution in [0, 0.1) is 13.8 Å². The van der Waals surface area contributed by atoms with Crippen molar-refractivity contribution in [2.24, 2.45) is 0 Å². The molecule has 0 radical (unpaired) electrons. The molecule has 2 aromatic rings. The van der Waals surface area contributed by atoms with Crippen molar-refractivity contribution in [2.45, 2.75) is 20.8 Å². The van der Waals surface area contributed by atoms with Crippen molar-refractivity contribution in [3.8, 4) is 5.75 Å². The number of aryl methyl sites for hydroxylation is 2. The average molecular weight is 276 g/mol. The van der Waals surface area contributed by atoms with Gasteiger partial charge in [-0.3, -0.25) is 4.79 Å². The van der Waals surface area contributed by atoms with Gasteiger partial charge in [-0.25, -0.2) is 4.98 Å². The van der Waals surface area contributed by atoms with E-state index in [1.54, 1.807) is 5.38 Å². The number of benzene rings is 1. The van der Waals surface area contributed by atoms with E-state index in [4.69, 9.17) is 10.5 Å². The van der Waals surface area contributed by atoms with Gasteiger partial charge in [0.25, 0.3) is 0 Å². The van der Waals surface area contributed by atoms with Crippen LogP contribution in [0.15, 0.2) is 17.5 Å². The highest BCUT2D eigenvalue weighted by Crippen LogP contribution is 2.25. The second-order valence-corrected chi connectivity index (χ2v) is 5.16. The Kier molecular flexibility index (Phi) is 3.85. The largest absolute Gasteiger partial charge is 0.494 e. The number of nitrogens with zero attached hydrogens (tertiary/aromatic N) is 1. The molecule has 1 aromatic carbocycles. The first kappa shape index (κ1) is 13.5. The van der Waals surface area contributed by atoms with E-state index in [-0.39, 0.29) is 5.78 Å². The van der Waals surface area contributed by atoms with Crippen LogP contribution in [-0.4, -0.2) is 17.4 Å². The molecule has 0 unspecified atom stereocenters. The number of hydrogen-bond acceptors (Lipinski definition) is 5. The molecular weight excluding hydrogens is 260 g/mol. The van der Waals surface area contributed by atoms with Crippen molar-refractivity contribution < 1.29 is 9.53 Å². The van der Waals surface area contributed by atoms with Gasteiger partial charge in [0.1, 0.15) is 11.4 Å². The van der Waals surface area contributed by atoms with E-state index in [2.05, 4.69) is 4.98 Å². The minimum atomic E-state index is -0.100. The van der Waals surface area contributed by atoms with Gasteiger partial charge in [0.05, 0.1) is 6.61 Å². The summed E-state index contributed by atoms with van der Waals surface area (Å²) in [6.07, 6.45) is 0. The lowest BCUT2D eigenvalue weighted by Gasteiger charge is -2.11. The highest BCUT2D eigenvalue weighted by Gasteiger charge is 2.16.